The van der Waals surface area contributed by atoms with Crippen molar-refractivity contribution in [2.45, 2.75) is 25.3 Å². The van der Waals surface area contributed by atoms with Gasteiger partial charge in [-0.15, -0.1) is 0 Å². The number of hydrogen-bond donors (Lipinski definition) is 0. The van der Waals surface area contributed by atoms with E-state index in [1.165, 1.54) is 12.1 Å². The van der Waals surface area contributed by atoms with E-state index in [0.29, 0.717) is 24.9 Å². The molecular weight excluding hydrogens is 373 g/mol. The number of para-hydroxylation sites is 1. The minimum atomic E-state index is -0.280. The lowest BCUT2D eigenvalue weighted by atomic mass is 9.97. The molecule has 1 saturated heterocycles. The lowest BCUT2D eigenvalue weighted by molar-refractivity contribution is 0.158. The summed E-state index contributed by atoms with van der Waals surface area (Å²) in [7, 11) is 0. The first-order chi connectivity index (χ1) is 14.3. The molecule has 5 rings (SSSR count). The largest absolute Gasteiger partial charge is 0.486 e. The molecule has 0 amide bonds. The lowest BCUT2D eigenvalue weighted by Gasteiger charge is -2.32. The standard InChI is InChI=1S/C22H22FN3O3/c23-18-8-6-15(7-9-18)21-24-22(29-25-21)17-4-2-10-26(14-17)13-16-3-1-5-19-20(16)28-12-11-27-19/h1,3,5-9,17H,2,4,10-14H2/t17-/m0/s1. The number of benzene rings is 2. The Morgan fingerprint density at radius 1 is 1.07 bits per heavy atom. The van der Waals surface area contributed by atoms with Crippen molar-refractivity contribution >= 4 is 0 Å². The second-order valence-electron chi connectivity index (χ2n) is 7.48. The first kappa shape index (κ1) is 18.1. The van der Waals surface area contributed by atoms with Crippen LogP contribution in [0.1, 0.15) is 30.2 Å². The molecule has 0 unspecified atom stereocenters. The molecule has 1 aromatic heterocycles. The zero-order valence-corrected chi connectivity index (χ0v) is 16.0. The predicted octanol–water partition coefficient (Wildman–Crippen LogP) is 4.03. The number of ether oxygens (including phenoxy) is 2. The summed E-state index contributed by atoms with van der Waals surface area (Å²) in [5.74, 6) is 2.73. The average Bonchev–Trinajstić information content (AvgIpc) is 3.25. The topological polar surface area (TPSA) is 60.6 Å². The maximum Gasteiger partial charge on any atom is 0.231 e. The molecule has 3 aromatic rings. The fraction of sp³-hybridized carbons (Fsp3) is 0.364. The highest BCUT2D eigenvalue weighted by molar-refractivity contribution is 5.53. The molecule has 6 nitrogen and oxygen atoms in total. The van der Waals surface area contributed by atoms with E-state index in [-0.39, 0.29) is 11.7 Å². The summed E-state index contributed by atoms with van der Waals surface area (Å²) in [6.45, 7) is 3.83. The molecule has 29 heavy (non-hydrogen) atoms. The smallest absolute Gasteiger partial charge is 0.231 e. The van der Waals surface area contributed by atoms with Crippen LogP contribution in [0.25, 0.3) is 11.4 Å². The Labute approximate surface area is 168 Å². The number of likely N-dealkylation sites (tertiary alicyclic amines) is 1. The number of nitrogens with zero attached hydrogens (tertiary/aromatic N) is 3. The van der Waals surface area contributed by atoms with Crippen molar-refractivity contribution in [3.05, 3.63) is 59.7 Å². The fourth-order valence-electron chi connectivity index (χ4n) is 4.02. The van der Waals surface area contributed by atoms with E-state index in [9.17, 15) is 4.39 Å². The molecule has 0 spiro atoms. The Morgan fingerprint density at radius 3 is 2.83 bits per heavy atom. The van der Waals surface area contributed by atoms with Gasteiger partial charge in [0.25, 0.3) is 0 Å². The Hall–Kier alpha value is -2.93. The molecule has 0 saturated carbocycles. The molecule has 3 heterocycles. The van der Waals surface area contributed by atoms with E-state index in [1.807, 2.05) is 12.1 Å². The quantitative estimate of drug-likeness (QED) is 0.665. The number of halogens is 1. The van der Waals surface area contributed by atoms with Gasteiger partial charge in [-0.2, -0.15) is 4.98 Å². The molecule has 7 heteroatoms. The van der Waals surface area contributed by atoms with Gasteiger partial charge >= 0.3 is 0 Å². The van der Waals surface area contributed by atoms with Gasteiger partial charge in [-0.3, -0.25) is 4.90 Å². The number of piperidine rings is 1. The van der Waals surface area contributed by atoms with E-state index in [0.717, 1.165) is 55.1 Å². The molecule has 0 radical (unpaired) electrons. The molecule has 150 valence electrons. The Balaban J connectivity index is 1.30. The second kappa shape index (κ2) is 7.83. The van der Waals surface area contributed by atoms with Gasteiger partial charge < -0.3 is 14.0 Å². The van der Waals surface area contributed by atoms with Gasteiger partial charge in [-0.25, -0.2) is 4.39 Å². The normalized spacial score (nSPS) is 19.3. The zero-order valence-electron chi connectivity index (χ0n) is 16.0. The number of hydrogen-bond acceptors (Lipinski definition) is 6. The molecular formula is C22H22FN3O3. The van der Waals surface area contributed by atoms with E-state index in [2.05, 4.69) is 21.1 Å². The van der Waals surface area contributed by atoms with Crippen molar-refractivity contribution < 1.29 is 18.4 Å². The van der Waals surface area contributed by atoms with Crippen molar-refractivity contribution in [3.8, 4) is 22.9 Å². The predicted molar refractivity (Wildman–Crippen MR) is 104 cm³/mol. The maximum atomic E-state index is 13.1. The summed E-state index contributed by atoms with van der Waals surface area (Å²) in [4.78, 5) is 6.97. The van der Waals surface area contributed by atoms with Crippen molar-refractivity contribution in [2.24, 2.45) is 0 Å². The van der Waals surface area contributed by atoms with Crippen LogP contribution in [-0.2, 0) is 6.54 Å². The minimum Gasteiger partial charge on any atom is -0.486 e. The monoisotopic (exact) mass is 395 g/mol. The van der Waals surface area contributed by atoms with Crippen LogP contribution in [0.15, 0.2) is 47.0 Å². The third-order valence-corrected chi connectivity index (χ3v) is 5.44. The number of fused-ring (bicyclic) bond motifs is 1. The van der Waals surface area contributed by atoms with E-state index >= 15 is 0 Å². The van der Waals surface area contributed by atoms with Crippen LogP contribution in [0, 0.1) is 5.82 Å². The number of rotatable bonds is 4. The minimum absolute atomic E-state index is 0.183. The van der Waals surface area contributed by atoms with Crippen molar-refractivity contribution in [3.63, 3.8) is 0 Å². The molecule has 2 aromatic carbocycles. The summed E-state index contributed by atoms with van der Waals surface area (Å²) in [5.41, 5.74) is 1.89. The van der Waals surface area contributed by atoms with Crippen LogP contribution in [0.3, 0.4) is 0 Å². The third kappa shape index (κ3) is 3.82. The molecule has 0 N–H and O–H groups in total. The second-order valence-corrected chi connectivity index (χ2v) is 7.48. The van der Waals surface area contributed by atoms with Crippen molar-refractivity contribution in [1.29, 1.82) is 0 Å². The van der Waals surface area contributed by atoms with Gasteiger partial charge in [0.1, 0.15) is 19.0 Å². The number of aromatic nitrogens is 2. The Morgan fingerprint density at radius 2 is 1.93 bits per heavy atom. The van der Waals surface area contributed by atoms with Crippen molar-refractivity contribution in [2.75, 3.05) is 26.3 Å². The highest BCUT2D eigenvalue weighted by Crippen LogP contribution is 2.35. The fourth-order valence-corrected chi connectivity index (χ4v) is 4.02. The molecule has 0 bridgehead atoms. The van der Waals surface area contributed by atoms with Crippen LogP contribution < -0.4 is 9.47 Å². The van der Waals surface area contributed by atoms with Crippen molar-refractivity contribution in [1.82, 2.24) is 15.0 Å². The van der Waals surface area contributed by atoms with E-state index < -0.39 is 0 Å². The summed E-state index contributed by atoms with van der Waals surface area (Å²) in [5, 5.41) is 4.09. The van der Waals surface area contributed by atoms with Crippen LogP contribution in [0.2, 0.25) is 0 Å². The Kier molecular flexibility index (Phi) is 4.89. The van der Waals surface area contributed by atoms with Gasteiger partial charge in [0.15, 0.2) is 11.5 Å². The van der Waals surface area contributed by atoms with Gasteiger partial charge in [0.05, 0.1) is 5.92 Å². The maximum absolute atomic E-state index is 13.1. The molecule has 1 atom stereocenters. The van der Waals surface area contributed by atoms with Crippen LogP contribution in [-0.4, -0.2) is 41.3 Å². The highest BCUT2D eigenvalue weighted by Gasteiger charge is 2.27. The third-order valence-electron chi connectivity index (χ3n) is 5.44. The SMILES string of the molecule is Fc1ccc(-c2noc([C@H]3CCCN(Cc4cccc5c4OCCO5)C3)n2)cc1. The lowest BCUT2D eigenvalue weighted by Crippen LogP contribution is -2.34. The van der Waals surface area contributed by atoms with Crippen LogP contribution in [0.4, 0.5) is 4.39 Å². The molecule has 1 fully saturated rings. The summed E-state index contributed by atoms with van der Waals surface area (Å²) >= 11 is 0. The summed E-state index contributed by atoms with van der Waals surface area (Å²) in [6.07, 6.45) is 2.07. The molecule has 2 aliphatic rings. The average molecular weight is 395 g/mol. The first-order valence-corrected chi connectivity index (χ1v) is 9.95. The van der Waals surface area contributed by atoms with Gasteiger partial charge in [-0.05, 0) is 49.7 Å². The van der Waals surface area contributed by atoms with Gasteiger partial charge in [0, 0.05) is 24.2 Å². The molecule has 2 aliphatic heterocycles. The first-order valence-electron chi connectivity index (χ1n) is 9.95. The van der Waals surface area contributed by atoms with Crippen LogP contribution in [0.5, 0.6) is 11.5 Å². The Bertz CT molecular complexity index is 989. The molecule has 0 aliphatic carbocycles. The van der Waals surface area contributed by atoms with Gasteiger partial charge in [-0.1, -0.05) is 17.3 Å². The highest BCUT2D eigenvalue weighted by atomic mass is 19.1. The summed E-state index contributed by atoms with van der Waals surface area (Å²) < 4.78 is 30.2. The van der Waals surface area contributed by atoms with Crippen LogP contribution >= 0.6 is 0 Å². The van der Waals surface area contributed by atoms with E-state index in [1.54, 1.807) is 12.1 Å². The van der Waals surface area contributed by atoms with Gasteiger partial charge in [0.2, 0.25) is 11.7 Å². The zero-order chi connectivity index (χ0) is 19.6. The van der Waals surface area contributed by atoms with E-state index in [4.69, 9.17) is 14.0 Å². The summed E-state index contributed by atoms with van der Waals surface area (Å²) in [6, 6.07) is 12.2.